The molecule has 2 heterocycles. The number of rotatable bonds is 5. The zero-order valence-electron chi connectivity index (χ0n) is 15.5. The van der Waals surface area contributed by atoms with Crippen molar-refractivity contribution in [2.75, 3.05) is 0 Å². The van der Waals surface area contributed by atoms with E-state index in [0.29, 0.717) is 16.4 Å². The molecule has 1 N–H and O–H groups in total. The zero-order chi connectivity index (χ0) is 20.4. The standard InChI is InChI=1S/C22H17FN2O3S/c1-14-2-9-18(10-3-14)29-20-11-8-17(28-20)12-19-21(26)25(22(27)24-19)13-15-4-6-16(23)7-5-15/h2-12H,13H2,1H3,(H,24,27)/b19-12+. The average Bonchev–Trinajstić information content (AvgIpc) is 3.25. The van der Waals surface area contributed by atoms with Gasteiger partial charge in [-0.05, 0) is 48.9 Å². The van der Waals surface area contributed by atoms with E-state index in [4.69, 9.17) is 4.42 Å². The van der Waals surface area contributed by atoms with E-state index in [0.717, 1.165) is 9.80 Å². The maximum absolute atomic E-state index is 13.0. The number of hydrogen-bond acceptors (Lipinski definition) is 4. The normalized spacial score (nSPS) is 15.2. The fourth-order valence-corrected chi connectivity index (χ4v) is 3.60. The van der Waals surface area contributed by atoms with Gasteiger partial charge in [-0.25, -0.2) is 9.18 Å². The molecular formula is C22H17FN2O3S. The molecule has 3 aromatic rings. The van der Waals surface area contributed by atoms with E-state index in [2.05, 4.69) is 5.32 Å². The van der Waals surface area contributed by atoms with Gasteiger partial charge in [-0.2, -0.15) is 0 Å². The van der Waals surface area contributed by atoms with E-state index in [1.54, 1.807) is 18.2 Å². The van der Waals surface area contributed by atoms with Gasteiger partial charge in [0.25, 0.3) is 5.91 Å². The monoisotopic (exact) mass is 408 g/mol. The van der Waals surface area contributed by atoms with Crippen LogP contribution in [-0.4, -0.2) is 16.8 Å². The Hall–Kier alpha value is -3.32. The number of urea groups is 1. The molecule has 1 saturated heterocycles. The molecule has 1 aromatic heterocycles. The van der Waals surface area contributed by atoms with Crippen LogP contribution in [0.25, 0.3) is 6.08 Å². The first kappa shape index (κ1) is 19.0. The van der Waals surface area contributed by atoms with Gasteiger partial charge in [-0.15, -0.1) is 0 Å². The zero-order valence-corrected chi connectivity index (χ0v) is 16.3. The molecule has 1 fully saturated rings. The van der Waals surface area contributed by atoms with Gasteiger partial charge in [0, 0.05) is 11.0 Å². The Morgan fingerprint density at radius 3 is 2.48 bits per heavy atom. The van der Waals surface area contributed by atoms with Gasteiger partial charge in [0.1, 0.15) is 17.3 Å². The van der Waals surface area contributed by atoms with Crippen molar-refractivity contribution in [2.24, 2.45) is 0 Å². The summed E-state index contributed by atoms with van der Waals surface area (Å²) >= 11 is 1.47. The van der Waals surface area contributed by atoms with Gasteiger partial charge in [0.2, 0.25) is 0 Å². The van der Waals surface area contributed by atoms with Gasteiger partial charge >= 0.3 is 6.03 Å². The number of halogens is 1. The summed E-state index contributed by atoms with van der Waals surface area (Å²) in [6.45, 7) is 2.09. The Kier molecular flexibility index (Phi) is 5.22. The molecule has 0 atom stereocenters. The van der Waals surface area contributed by atoms with E-state index in [9.17, 15) is 14.0 Å². The van der Waals surface area contributed by atoms with Crippen molar-refractivity contribution in [1.82, 2.24) is 10.2 Å². The number of amides is 3. The van der Waals surface area contributed by atoms with Crippen molar-refractivity contribution in [1.29, 1.82) is 0 Å². The minimum absolute atomic E-state index is 0.0645. The Balaban J connectivity index is 1.46. The average molecular weight is 408 g/mol. The van der Waals surface area contributed by atoms with Gasteiger partial charge in [-0.1, -0.05) is 41.6 Å². The lowest BCUT2D eigenvalue weighted by molar-refractivity contribution is -0.123. The third-order valence-corrected chi connectivity index (χ3v) is 5.27. The second-order valence-corrected chi connectivity index (χ2v) is 7.66. The van der Waals surface area contributed by atoms with Crippen LogP contribution in [0.3, 0.4) is 0 Å². The highest BCUT2D eigenvalue weighted by Gasteiger charge is 2.33. The first-order chi connectivity index (χ1) is 14.0. The van der Waals surface area contributed by atoms with Crippen molar-refractivity contribution >= 4 is 29.8 Å². The Labute approximate surface area is 171 Å². The topological polar surface area (TPSA) is 62.6 Å². The quantitative estimate of drug-likeness (QED) is 0.478. The molecule has 0 radical (unpaired) electrons. The number of furan rings is 1. The van der Waals surface area contributed by atoms with E-state index in [1.807, 2.05) is 37.3 Å². The first-order valence-corrected chi connectivity index (χ1v) is 9.73. The molecule has 0 unspecified atom stereocenters. The maximum Gasteiger partial charge on any atom is 0.329 e. The summed E-state index contributed by atoms with van der Waals surface area (Å²) in [5.41, 5.74) is 1.98. The van der Waals surface area contributed by atoms with Crippen LogP contribution in [-0.2, 0) is 11.3 Å². The molecule has 29 heavy (non-hydrogen) atoms. The van der Waals surface area contributed by atoms with Crippen molar-refractivity contribution < 1.29 is 18.4 Å². The van der Waals surface area contributed by atoms with Crippen LogP contribution in [0, 0.1) is 12.7 Å². The second-order valence-electron chi connectivity index (χ2n) is 6.58. The minimum Gasteiger partial charge on any atom is -0.450 e. The predicted molar refractivity (Wildman–Crippen MR) is 107 cm³/mol. The number of imide groups is 1. The van der Waals surface area contributed by atoms with E-state index < -0.39 is 11.9 Å². The van der Waals surface area contributed by atoms with Crippen molar-refractivity contribution in [3.63, 3.8) is 0 Å². The van der Waals surface area contributed by atoms with E-state index in [-0.39, 0.29) is 18.1 Å². The van der Waals surface area contributed by atoms with Crippen LogP contribution in [0.1, 0.15) is 16.9 Å². The summed E-state index contributed by atoms with van der Waals surface area (Å²) in [5.74, 6) is -0.362. The molecule has 0 saturated carbocycles. The van der Waals surface area contributed by atoms with Crippen LogP contribution >= 0.6 is 11.8 Å². The number of hydrogen-bond donors (Lipinski definition) is 1. The number of nitrogens with zero attached hydrogens (tertiary/aromatic N) is 1. The molecule has 5 nitrogen and oxygen atoms in total. The van der Waals surface area contributed by atoms with Crippen LogP contribution in [0.5, 0.6) is 0 Å². The van der Waals surface area contributed by atoms with E-state index in [1.165, 1.54) is 35.5 Å². The van der Waals surface area contributed by atoms with Gasteiger partial charge in [0.05, 0.1) is 6.54 Å². The van der Waals surface area contributed by atoms with Crippen LogP contribution in [0.15, 0.2) is 80.8 Å². The SMILES string of the molecule is Cc1ccc(Sc2ccc(/C=C3/NC(=O)N(Cc4ccc(F)cc4)C3=O)o2)cc1. The summed E-state index contributed by atoms with van der Waals surface area (Å²) in [5, 5.41) is 3.24. The molecule has 146 valence electrons. The summed E-state index contributed by atoms with van der Waals surface area (Å²) in [4.78, 5) is 26.9. The molecule has 2 aromatic carbocycles. The van der Waals surface area contributed by atoms with Crippen molar-refractivity contribution in [3.8, 4) is 0 Å². The van der Waals surface area contributed by atoms with Crippen molar-refractivity contribution in [3.05, 3.63) is 89.1 Å². The fraction of sp³-hybridized carbons (Fsp3) is 0.0909. The number of benzene rings is 2. The third kappa shape index (κ3) is 4.41. The number of carbonyl (C=O) groups is 2. The number of carbonyl (C=O) groups excluding carboxylic acids is 2. The Morgan fingerprint density at radius 1 is 1.03 bits per heavy atom. The van der Waals surface area contributed by atoms with Crippen LogP contribution < -0.4 is 5.32 Å². The lowest BCUT2D eigenvalue weighted by Crippen LogP contribution is -2.30. The van der Waals surface area contributed by atoms with Gasteiger partial charge in [-0.3, -0.25) is 9.69 Å². The smallest absolute Gasteiger partial charge is 0.329 e. The lowest BCUT2D eigenvalue weighted by atomic mass is 10.2. The lowest BCUT2D eigenvalue weighted by Gasteiger charge is -2.11. The van der Waals surface area contributed by atoms with Crippen molar-refractivity contribution in [2.45, 2.75) is 23.5 Å². The maximum atomic E-state index is 13.0. The number of aryl methyl sites for hydroxylation is 1. The van der Waals surface area contributed by atoms with E-state index >= 15 is 0 Å². The fourth-order valence-electron chi connectivity index (χ4n) is 2.82. The molecule has 7 heteroatoms. The second kappa shape index (κ2) is 7.97. The van der Waals surface area contributed by atoms with Crippen LogP contribution in [0.2, 0.25) is 0 Å². The van der Waals surface area contributed by atoms with Gasteiger partial charge < -0.3 is 9.73 Å². The Bertz CT molecular complexity index is 1090. The molecule has 1 aliphatic heterocycles. The largest absolute Gasteiger partial charge is 0.450 e. The minimum atomic E-state index is -0.522. The summed E-state index contributed by atoms with van der Waals surface area (Å²) in [6.07, 6.45) is 1.50. The highest BCUT2D eigenvalue weighted by Crippen LogP contribution is 2.30. The molecular weight excluding hydrogens is 391 g/mol. The Morgan fingerprint density at radius 2 is 1.76 bits per heavy atom. The van der Waals surface area contributed by atoms with Crippen LogP contribution in [0.4, 0.5) is 9.18 Å². The molecule has 1 aliphatic rings. The summed E-state index contributed by atoms with van der Waals surface area (Å²) in [7, 11) is 0. The molecule has 3 amide bonds. The summed E-state index contributed by atoms with van der Waals surface area (Å²) in [6, 6.07) is 16.8. The molecule has 0 aliphatic carbocycles. The van der Waals surface area contributed by atoms with Gasteiger partial charge in [0.15, 0.2) is 5.09 Å². The molecule has 4 rings (SSSR count). The molecule has 0 bridgehead atoms. The first-order valence-electron chi connectivity index (χ1n) is 8.91. The highest BCUT2D eigenvalue weighted by molar-refractivity contribution is 7.99. The predicted octanol–water partition coefficient (Wildman–Crippen LogP) is 4.97. The highest BCUT2D eigenvalue weighted by atomic mass is 32.2. The summed E-state index contributed by atoms with van der Waals surface area (Å²) < 4.78 is 18.8. The number of nitrogens with one attached hydrogen (secondary N) is 1. The third-order valence-electron chi connectivity index (χ3n) is 4.34. The molecule has 0 spiro atoms.